The minimum atomic E-state index is -0.583. The number of carbonyl (C=O) groups excluding carboxylic acids is 1. The van der Waals surface area contributed by atoms with Crippen molar-refractivity contribution in [1.82, 2.24) is 19.4 Å². The van der Waals surface area contributed by atoms with Crippen molar-refractivity contribution in [3.05, 3.63) is 62.2 Å². The number of hydrogen-bond acceptors (Lipinski definition) is 4. The Morgan fingerprint density at radius 3 is 2.75 bits per heavy atom. The lowest BCUT2D eigenvalue weighted by atomic mass is 10.1. The molecule has 1 amide bonds. The van der Waals surface area contributed by atoms with Crippen LogP contribution in [0.15, 0.2) is 34.1 Å². The molecule has 1 N–H and O–H groups in total. The van der Waals surface area contributed by atoms with E-state index >= 15 is 0 Å². The number of hydrogen-bond donors (Lipinski definition) is 1. The first-order chi connectivity index (χ1) is 11.3. The predicted octanol–water partition coefficient (Wildman–Crippen LogP) is 0.638. The Morgan fingerprint density at radius 2 is 2.08 bits per heavy atom. The summed E-state index contributed by atoms with van der Waals surface area (Å²) in [5, 5.41) is 0. The van der Waals surface area contributed by atoms with Crippen LogP contribution in [0.5, 0.6) is 0 Å². The lowest BCUT2D eigenvalue weighted by Gasteiger charge is -2.25. The number of nitrogens with one attached hydrogen (secondary N) is 1. The van der Waals surface area contributed by atoms with Crippen molar-refractivity contribution in [2.24, 2.45) is 0 Å². The van der Waals surface area contributed by atoms with E-state index in [1.807, 2.05) is 26.0 Å². The molecule has 0 aliphatic heterocycles. The van der Waals surface area contributed by atoms with Gasteiger partial charge in [-0.2, -0.15) is 0 Å². The summed E-state index contributed by atoms with van der Waals surface area (Å²) in [5.74, 6) is -0.205. The van der Waals surface area contributed by atoms with Crippen molar-refractivity contribution in [2.45, 2.75) is 39.8 Å². The van der Waals surface area contributed by atoms with Crippen molar-refractivity contribution in [1.29, 1.82) is 0 Å². The van der Waals surface area contributed by atoms with Gasteiger partial charge in [0.1, 0.15) is 6.54 Å². The molecule has 2 heterocycles. The quantitative estimate of drug-likeness (QED) is 0.871. The molecule has 0 radical (unpaired) electrons. The summed E-state index contributed by atoms with van der Waals surface area (Å²) >= 11 is 0. The maximum Gasteiger partial charge on any atom is 0.328 e. The normalized spacial score (nSPS) is 12.0. The second-order valence-electron chi connectivity index (χ2n) is 6.08. The van der Waals surface area contributed by atoms with Gasteiger partial charge in [-0.05, 0) is 38.5 Å². The van der Waals surface area contributed by atoms with E-state index in [-0.39, 0.29) is 18.5 Å². The summed E-state index contributed by atoms with van der Waals surface area (Å²) < 4.78 is 1.22. The number of rotatable bonds is 5. The summed E-state index contributed by atoms with van der Waals surface area (Å²) in [5.41, 5.74) is 1.41. The second kappa shape index (κ2) is 7.25. The van der Waals surface area contributed by atoms with Crippen LogP contribution in [0.4, 0.5) is 0 Å². The Labute approximate surface area is 140 Å². The van der Waals surface area contributed by atoms with Gasteiger partial charge in [-0.15, -0.1) is 0 Å². The van der Waals surface area contributed by atoms with Crippen LogP contribution in [-0.4, -0.2) is 38.4 Å². The Balaban J connectivity index is 2.07. The lowest BCUT2D eigenvalue weighted by molar-refractivity contribution is -0.132. The van der Waals surface area contributed by atoms with Crippen LogP contribution in [0.3, 0.4) is 0 Å². The SMILES string of the molecule is Cc1ccnc(C[C@@H](C)N(C)C(=O)Cn2cc(C)c(=O)[nH]c2=O)c1. The van der Waals surface area contributed by atoms with E-state index in [0.717, 1.165) is 11.3 Å². The molecule has 0 bridgehead atoms. The zero-order valence-corrected chi connectivity index (χ0v) is 14.4. The standard InChI is InChI=1S/C17H22N4O3/c1-11-5-6-18-14(7-11)8-13(3)20(4)15(22)10-21-9-12(2)16(23)19-17(21)24/h5-7,9,13H,8,10H2,1-4H3,(H,19,23,24)/t13-/m1/s1. The molecule has 0 spiro atoms. The molecular weight excluding hydrogens is 308 g/mol. The fraction of sp³-hybridized carbons (Fsp3) is 0.412. The fourth-order valence-corrected chi connectivity index (χ4v) is 2.39. The van der Waals surface area contributed by atoms with Crippen molar-refractivity contribution < 1.29 is 4.79 Å². The molecule has 0 fully saturated rings. The van der Waals surface area contributed by atoms with Crippen molar-refractivity contribution >= 4 is 5.91 Å². The molecule has 7 nitrogen and oxygen atoms in total. The molecule has 2 rings (SSSR count). The highest BCUT2D eigenvalue weighted by atomic mass is 16.2. The Morgan fingerprint density at radius 1 is 1.38 bits per heavy atom. The first-order valence-corrected chi connectivity index (χ1v) is 7.75. The molecule has 0 aromatic carbocycles. The first kappa shape index (κ1) is 17.7. The van der Waals surface area contributed by atoms with Crippen LogP contribution in [0.25, 0.3) is 0 Å². The second-order valence-corrected chi connectivity index (χ2v) is 6.08. The van der Waals surface area contributed by atoms with E-state index < -0.39 is 11.2 Å². The van der Waals surface area contributed by atoms with Crippen molar-refractivity contribution in [2.75, 3.05) is 7.05 Å². The predicted molar refractivity (Wildman–Crippen MR) is 91.0 cm³/mol. The average Bonchev–Trinajstić information content (AvgIpc) is 2.51. The molecule has 7 heteroatoms. The molecule has 128 valence electrons. The number of amides is 1. The average molecular weight is 330 g/mol. The van der Waals surface area contributed by atoms with E-state index in [1.54, 1.807) is 25.1 Å². The van der Waals surface area contributed by atoms with Gasteiger partial charge in [-0.3, -0.25) is 24.1 Å². The number of H-pyrrole nitrogens is 1. The van der Waals surface area contributed by atoms with Gasteiger partial charge in [-0.1, -0.05) is 0 Å². The number of aryl methyl sites for hydroxylation is 2. The van der Waals surface area contributed by atoms with Crippen LogP contribution in [0.1, 0.15) is 23.7 Å². The third-order valence-electron chi connectivity index (χ3n) is 4.03. The highest BCUT2D eigenvalue weighted by Crippen LogP contribution is 2.08. The third-order valence-corrected chi connectivity index (χ3v) is 4.03. The summed E-state index contributed by atoms with van der Waals surface area (Å²) in [7, 11) is 1.70. The molecule has 2 aromatic heterocycles. The highest BCUT2D eigenvalue weighted by molar-refractivity contribution is 5.76. The van der Waals surface area contributed by atoms with E-state index in [9.17, 15) is 14.4 Å². The van der Waals surface area contributed by atoms with E-state index in [0.29, 0.717) is 12.0 Å². The fourth-order valence-electron chi connectivity index (χ4n) is 2.39. The summed E-state index contributed by atoms with van der Waals surface area (Å²) in [6.45, 7) is 5.41. The van der Waals surface area contributed by atoms with Crippen LogP contribution < -0.4 is 11.2 Å². The van der Waals surface area contributed by atoms with Crippen molar-refractivity contribution in [3.63, 3.8) is 0 Å². The van der Waals surface area contributed by atoms with Gasteiger partial charge < -0.3 is 4.90 Å². The first-order valence-electron chi connectivity index (χ1n) is 7.75. The summed E-state index contributed by atoms with van der Waals surface area (Å²) in [6.07, 6.45) is 3.78. The van der Waals surface area contributed by atoms with E-state index in [4.69, 9.17) is 0 Å². The number of carbonyl (C=O) groups is 1. The van der Waals surface area contributed by atoms with E-state index in [2.05, 4.69) is 9.97 Å². The lowest BCUT2D eigenvalue weighted by Crippen LogP contribution is -2.41. The zero-order chi connectivity index (χ0) is 17.9. The van der Waals surface area contributed by atoms with Crippen LogP contribution >= 0.6 is 0 Å². The number of nitrogens with zero attached hydrogens (tertiary/aromatic N) is 3. The van der Waals surface area contributed by atoms with E-state index in [1.165, 1.54) is 10.8 Å². The van der Waals surface area contributed by atoms with Gasteiger partial charge in [0.05, 0.1) is 0 Å². The highest BCUT2D eigenvalue weighted by Gasteiger charge is 2.18. The van der Waals surface area contributed by atoms with Crippen LogP contribution in [0.2, 0.25) is 0 Å². The topological polar surface area (TPSA) is 88.1 Å². The Kier molecular flexibility index (Phi) is 5.33. The van der Waals surface area contributed by atoms with Crippen LogP contribution in [0, 0.1) is 13.8 Å². The monoisotopic (exact) mass is 330 g/mol. The van der Waals surface area contributed by atoms with Crippen LogP contribution in [-0.2, 0) is 17.8 Å². The van der Waals surface area contributed by atoms with Gasteiger partial charge in [0, 0.05) is 43.2 Å². The minimum Gasteiger partial charge on any atom is -0.341 e. The molecule has 2 aromatic rings. The number of aromatic nitrogens is 3. The number of likely N-dealkylation sites (N-methyl/N-ethyl adjacent to an activating group) is 1. The Hall–Kier alpha value is -2.70. The van der Waals surface area contributed by atoms with Gasteiger partial charge in [0.15, 0.2) is 0 Å². The third kappa shape index (κ3) is 4.18. The van der Waals surface area contributed by atoms with Gasteiger partial charge in [0.25, 0.3) is 5.56 Å². The Bertz CT molecular complexity index is 853. The molecule has 0 aliphatic rings. The van der Waals surface area contributed by atoms with Gasteiger partial charge in [0.2, 0.25) is 5.91 Å². The largest absolute Gasteiger partial charge is 0.341 e. The summed E-state index contributed by atoms with van der Waals surface area (Å²) in [4.78, 5) is 43.7. The molecule has 0 unspecified atom stereocenters. The maximum absolute atomic E-state index is 12.4. The molecular formula is C17H22N4O3. The maximum atomic E-state index is 12.4. The minimum absolute atomic E-state index is 0.0636. The molecule has 0 saturated heterocycles. The molecule has 1 atom stereocenters. The molecule has 0 saturated carbocycles. The van der Waals surface area contributed by atoms with Gasteiger partial charge >= 0.3 is 5.69 Å². The van der Waals surface area contributed by atoms with Crippen molar-refractivity contribution in [3.8, 4) is 0 Å². The van der Waals surface area contributed by atoms with Gasteiger partial charge in [-0.25, -0.2) is 4.79 Å². The number of aromatic amines is 1. The smallest absolute Gasteiger partial charge is 0.328 e. The molecule has 24 heavy (non-hydrogen) atoms. The molecule has 0 aliphatic carbocycles. The summed E-state index contributed by atoms with van der Waals surface area (Å²) in [6, 6.07) is 3.85. The zero-order valence-electron chi connectivity index (χ0n) is 14.4. The number of pyridine rings is 1.